The summed E-state index contributed by atoms with van der Waals surface area (Å²) in [6.07, 6.45) is 0.592. The second-order valence-corrected chi connectivity index (χ2v) is 4.89. The van der Waals surface area contributed by atoms with Crippen LogP contribution in [0.2, 0.25) is 0 Å². The molecule has 0 atom stereocenters. The van der Waals surface area contributed by atoms with Crippen molar-refractivity contribution in [2.45, 2.75) is 19.8 Å². The van der Waals surface area contributed by atoms with Crippen molar-refractivity contribution in [3.63, 3.8) is 0 Å². The van der Waals surface area contributed by atoms with Crippen molar-refractivity contribution in [1.29, 1.82) is 0 Å². The molecule has 5 heteroatoms. The molecule has 1 aromatic carbocycles. The third-order valence-electron chi connectivity index (χ3n) is 2.45. The van der Waals surface area contributed by atoms with Crippen LogP contribution in [0.1, 0.15) is 17.7 Å². The van der Waals surface area contributed by atoms with Crippen LogP contribution in [-0.4, -0.2) is 16.1 Å². The van der Waals surface area contributed by atoms with E-state index in [1.54, 1.807) is 0 Å². The zero-order valence-corrected chi connectivity index (χ0v) is 10.8. The molecule has 0 spiro atoms. The Morgan fingerprint density at radius 2 is 2.11 bits per heavy atom. The summed E-state index contributed by atoms with van der Waals surface area (Å²) in [5.74, 6) is -0.795. The summed E-state index contributed by atoms with van der Waals surface area (Å²) in [5.41, 5.74) is 3.01. The van der Waals surface area contributed by atoms with E-state index in [1.165, 1.54) is 16.9 Å². The highest BCUT2D eigenvalue weighted by Gasteiger charge is 2.04. The van der Waals surface area contributed by atoms with E-state index in [4.69, 9.17) is 5.11 Å². The number of nitrogens with zero attached hydrogens (tertiary/aromatic N) is 1. The maximum Gasteiger partial charge on any atom is 0.303 e. The maximum atomic E-state index is 10.5. The van der Waals surface area contributed by atoms with Gasteiger partial charge in [-0.05, 0) is 19.1 Å². The number of aromatic nitrogens is 1. The van der Waals surface area contributed by atoms with Crippen LogP contribution in [0.15, 0.2) is 29.6 Å². The van der Waals surface area contributed by atoms with Crippen molar-refractivity contribution in [2.24, 2.45) is 0 Å². The molecule has 2 aromatic rings. The van der Waals surface area contributed by atoms with Gasteiger partial charge >= 0.3 is 5.97 Å². The first-order valence-electron chi connectivity index (χ1n) is 5.63. The molecule has 0 bridgehead atoms. The van der Waals surface area contributed by atoms with Crippen LogP contribution >= 0.6 is 11.3 Å². The van der Waals surface area contributed by atoms with E-state index < -0.39 is 5.97 Å². The molecule has 1 heterocycles. The van der Waals surface area contributed by atoms with Gasteiger partial charge in [0.25, 0.3) is 0 Å². The lowest BCUT2D eigenvalue weighted by molar-refractivity contribution is -0.136. The van der Waals surface area contributed by atoms with Crippen molar-refractivity contribution in [2.75, 3.05) is 5.32 Å². The minimum absolute atomic E-state index is 0.119. The molecule has 2 rings (SSSR count). The van der Waals surface area contributed by atoms with E-state index in [-0.39, 0.29) is 6.42 Å². The largest absolute Gasteiger partial charge is 0.481 e. The molecule has 18 heavy (non-hydrogen) atoms. The number of hydrogen-bond acceptors (Lipinski definition) is 4. The van der Waals surface area contributed by atoms with Gasteiger partial charge in [-0.25, -0.2) is 4.98 Å². The van der Waals surface area contributed by atoms with Crippen molar-refractivity contribution >= 4 is 28.1 Å². The predicted molar refractivity (Wildman–Crippen MR) is 72.5 cm³/mol. The zero-order valence-electron chi connectivity index (χ0n) is 10.0. The number of aliphatic carboxylic acids is 1. The van der Waals surface area contributed by atoms with Gasteiger partial charge in [0.2, 0.25) is 0 Å². The molecule has 0 aliphatic heterocycles. The number of anilines is 2. The summed E-state index contributed by atoms with van der Waals surface area (Å²) in [4.78, 5) is 14.8. The van der Waals surface area contributed by atoms with E-state index in [9.17, 15) is 4.79 Å². The van der Waals surface area contributed by atoms with Gasteiger partial charge < -0.3 is 10.4 Å². The van der Waals surface area contributed by atoms with Crippen LogP contribution in [0.25, 0.3) is 0 Å². The number of thiazole rings is 1. The highest BCUT2D eigenvalue weighted by molar-refractivity contribution is 7.13. The molecule has 0 fully saturated rings. The first-order valence-corrected chi connectivity index (χ1v) is 6.51. The van der Waals surface area contributed by atoms with Crippen LogP contribution in [-0.2, 0) is 11.2 Å². The number of carbonyl (C=O) groups is 1. The van der Waals surface area contributed by atoms with E-state index in [2.05, 4.69) is 10.3 Å². The highest BCUT2D eigenvalue weighted by Crippen LogP contribution is 2.21. The average molecular weight is 262 g/mol. The summed E-state index contributed by atoms with van der Waals surface area (Å²) in [6, 6.07) is 8.05. The summed E-state index contributed by atoms with van der Waals surface area (Å²) >= 11 is 1.49. The number of benzene rings is 1. The van der Waals surface area contributed by atoms with Crippen LogP contribution in [0.4, 0.5) is 10.8 Å². The third-order valence-corrected chi connectivity index (χ3v) is 3.26. The summed E-state index contributed by atoms with van der Waals surface area (Å²) < 4.78 is 0. The van der Waals surface area contributed by atoms with Gasteiger partial charge in [0.05, 0.1) is 12.1 Å². The molecular weight excluding hydrogens is 248 g/mol. The van der Waals surface area contributed by atoms with E-state index in [0.29, 0.717) is 6.42 Å². The second kappa shape index (κ2) is 5.64. The van der Waals surface area contributed by atoms with Gasteiger partial charge in [0.15, 0.2) is 5.13 Å². The monoisotopic (exact) mass is 262 g/mol. The Labute approximate surface area is 109 Å². The second-order valence-electron chi connectivity index (χ2n) is 4.03. The predicted octanol–water partition coefficient (Wildman–Crippen LogP) is 3.21. The smallest absolute Gasteiger partial charge is 0.303 e. The van der Waals surface area contributed by atoms with Gasteiger partial charge in [-0.15, -0.1) is 11.3 Å². The van der Waals surface area contributed by atoms with E-state index in [0.717, 1.165) is 16.5 Å². The Bertz CT molecular complexity index is 534. The first kappa shape index (κ1) is 12.6. The number of aryl methyl sites for hydroxylation is 2. The lowest BCUT2D eigenvalue weighted by Gasteiger charge is -2.02. The number of carboxylic acid groups (broad SMARTS) is 1. The SMILES string of the molecule is Cc1ccc(Nc2nc(CCC(=O)O)cs2)cc1. The molecule has 0 saturated heterocycles. The van der Waals surface area contributed by atoms with Gasteiger partial charge in [0, 0.05) is 17.5 Å². The standard InChI is InChI=1S/C13H14N2O2S/c1-9-2-4-10(5-3-9)14-13-15-11(8-18-13)6-7-12(16)17/h2-5,8H,6-7H2,1H3,(H,14,15)(H,16,17). The number of carboxylic acids is 1. The summed E-state index contributed by atoms with van der Waals surface area (Å²) in [6.45, 7) is 2.04. The Morgan fingerprint density at radius 1 is 1.39 bits per heavy atom. The van der Waals surface area contributed by atoms with Crippen molar-refractivity contribution in [3.05, 3.63) is 40.9 Å². The number of nitrogens with one attached hydrogen (secondary N) is 1. The minimum atomic E-state index is -0.795. The highest BCUT2D eigenvalue weighted by atomic mass is 32.1. The molecule has 0 radical (unpaired) electrons. The Hall–Kier alpha value is -1.88. The fraction of sp³-hybridized carbons (Fsp3) is 0.231. The van der Waals surface area contributed by atoms with Crippen molar-refractivity contribution < 1.29 is 9.90 Å². The molecule has 94 valence electrons. The lowest BCUT2D eigenvalue weighted by Crippen LogP contribution is -1.98. The van der Waals surface area contributed by atoms with Gasteiger partial charge in [0.1, 0.15) is 0 Å². The normalized spacial score (nSPS) is 10.3. The minimum Gasteiger partial charge on any atom is -0.481 e. The number of hydrogen-bond donors (Lipinski definition) is 2. The molecule has 0 unspecified atom stereocenters. The molecule has 2 N–H and O–H groups in total. The van der Waals surface area contributed by atoms with Gasteiger partial charge in [-0.3, -0.25) is 4.79 Å². The lowest BCUT2D eigenvalue weighted by atomic mass is 10.2. The van der Waals surface area contributed by atoms with Gasteiger partial charge in [-0.1, -0.05) is 17.7 Å². The molecule has 0 aliphatic carbocycles. The quantitative estimate of drug-likeness (QED) is 0.868. The fourth-order valence-electron chi connectivity index (χ4n) is 1.47. The average Bonchev–Trinajstić information content (AvgIpc) is 2.77. The molecule has 0 amide bonds. The van der Waals surface area contributed by atoms with Crippen LogP contribution in [0, 0.1) is 6.92 Å². The molecule has 1 aromatic heterocycles. The number of rotatable bonds is 5. The van der Waals surface area contributed by atoms with Crippen molar-refractivity contribution in [3.8, 4) is 0 Å². The fourth-order valence-corrected chi connectivity index (χ4v) is 2.24. The van der Waals surface area contributed by atoms with Crippen LogP contribution in [0.5, 0.6) is 0 Å². The third kappa shape index (κ3) is 3.56. The van der Waals surface area contributed by atoms with Gasteiger partial charge in [-0.2, -0.15) is 0 Å². The van der Waals surface area contributed by atoms with Crippen LogP contribution in [0.3, 0.4) is 0 Å². The summed E-state index contributed by atoms with van der Waals surface area (Å²) in [5, 5.41) is 14.5. The van der Waals surface area contributed by atoms with E-state index in [1.807, 2.05) is 36.6 Å². The van der Waals surface area contributed by atoms with Crippen molar-refractivity contribution in [1.82, 2.24) is 4.98 Å². The Morgan fingerprint density at radius 3 is 2.78 bits per heavy atom. The molecular formula is C13H14N2O2S. The molecule has 4 nitrogen and oxygen atoms in total. The first-order chi connectivity index (χ1) is 8.63. The maximum absolute atomic E-state index is 10.5. The zero-order chi connectivity index (χ0) is 13.0. The van der Waals surface area contributed by atoms with E-state index >= 15 is 0 Å². The van der Waals surface area contributed by atoms with Crippen LogP contribution < -0.4 is 5.32 Å². The molecule has 0 saturated carbocycles. The summed E-state index contributed by atoms with van der Waals surface area (Å²) in [7, 11) is 0. The Balaban J connectivity index is 1.97. The topological polar surface area (TPSA) is 62.2 Å². The molecule has 0 aliphatic rings. The Kier molecular flexibility index (Phi) is 3.94.